The Kier molecular flexibility index (Phi) is 3.91. The minimum absolute atomic E-state index is 0.0629. The molecule has 0 atom stereocenters. The number of aliphatic hydroxyl groups is 1. The molecule has 1 aromatic rings. The summed E-state index contributed by atoms with van der Waals surface area (Å²) in [5.41, 5.74) is -1.13. The summed E-state index contributed by atoms with van der Waals surface area (Å²) in [6, 6.07) is 1.10. The molecule has 0 bridgehead atoms. The molecule has 1 aromatic carbocycles. The van der Waals surface area contributed by atoms with Gasteiger partial charge in [0, 0.05) is 17.0 Å². The maximum absolute atomic E-state index is 13.9. The van der Waals surface area contributed by atoms with E-state index in [0.717, 1.165) is 6.07 Å². The van der Waals surface area contributed by atoms with E-state index in [0.29, 0.717) is 0 Å². The zero-order valence-electron chi connectivity index (χ0n) is 9.27. The predicted molar refractivity (Wildman–Crippen MR) is 60.7 cm³/mol. The number of hydrogen-bond acceptors (Lipinski definition) is 2. The molecule has 1 rings (SSSR count). The molecule has 0 saturated carbocycles. The van der Waals surface area contributed by atoms with Crippen molar-refractivity contribution in [1.29, 1.82) is 0 Å². The summed E-state index contributed by atoms with van der Waals surface area (Å²) in [7, 11) is 1.33. The number of benzene rings is 1. The van der Waals surface area contributed by atoms with E-state index in [1.807, 2.05) is 0 Å². The second-order valence-corrected chi connectivity index (χ2v) is 4.90. The van der Waals surface area contributed by atoms with Gasteiger partial charge in [0.25, 0.3) is 0 Å². The van der Waals surface area contributed by atoms with Crippen LogP contribution < -0.4 is 4.74 Å². The Morgan fingerprint density at radius 2 is 2.00 bits per heavy atom. The Morgan fingerprint density at radius 1 is 1.44 bits per heavy atom. The Hall–Kier alpha value is -0.680. The fourth-order valence-corrected chi connectivity index (χ4v) is 1.90. The molecular weight excluding hydrogens is 282 g/mol. The van der Waals surface area contributed by atoms with Gasteiger partial charge in [-0.1, -0.05) is 13.8 Å². The first-order valence-electron chi connectivity index (χ1n) is 4.68. The van der Waals surface area contributed by atoms with Gasteiger partial charge in [0.1, 0.15) is 17.4 Å². The van der Waals surface area contributed by atoms with Crippen LogP contribution in [0.4, 0.5) is 8.78 Å². The van der Waals surface area contributed by atoms with Gasteiger partial charge in [-0.3, -0.25) is 0 Å². The molecule has 0 amide bonds. The lowest BCUT2D eigenvalue weighted by atomic mass is 9.84. The Bertz CT molecular complexity index is 405. The second kappa shape index (κ2) is 4.67. The summed E-state index contributed by atoms with van der Waals surface area (Å²) in [6.07, 6.45) is 0. The first-order chi connectivity index (χ1) is 7.35. The van der Waals surface area contributed by atoms with Gasteiger partial charge in [-0.25, -0.2) is 8.78 Å². The lowest BCUT2D eigenvalue weighted by molar-refractivity contribution is 0.210. The molecule has 0 fully saturated rings. The highest BCUT2D eigenvalue weighted by atomic mass is 79.9. The van der Waals surface area contributed by atoms with Crippen LogP contribution in [0.25, 0.3) is 0 Å². The highest BCUT2D eigenvalue weighted by Gasteiger charge is 2.30. The molecule has 0 radical (unpaired) electrons. The molecule has 90 valence electrons. The number of hydrogen-bond donors (Lipinski definition) is 1. The van der Waals surface area contributed by atoms with E-state index >= 15 is 0 Å². The fourth-order valence-electron chi connectivity index (χ4n) is 1.42. The van der Waals surface area contributed by atoms with Crippen LogP contribution in [0.1, 0.15) is 19.4 Å². The molecule has 0 aliphatic rings. The fraction of sp³-hybridized carbons (Fsp3) is 0.455. The molecule has 0 unspecified atom stereocenters. The van der Waals surface area contributed by atoms with Gasteiger partial charge in [0.05, 0.1) is 18.2 Å². The second-order valence-electron chi connectivity index (χ2n) is 4.11. The number of aliphatic hydroxyl groups excluding tert-OH is 1. The van der Waals surface area contributed by atoms with Crippen molar-refractivity contribution in [1.82, 2.24) is 0 Å². The van der Waals surface area contributed by atoms with Crippen molar-refractivity contribution in [3.8, 4) is 5.75 Å². The van der Waals surface area contributed by atoms with E-state index in [1.165, 1.54) is 7.11 Å². The van der Waals surface area contributed by atoms with E-state index in [4.69, 9.17) is 9.84 Å². The van der Waals surface area contributed by atoms with Crippen LogP contribution >= 0.6 is 15.9 Å². The van der Waals surface area contributed by atoms with Crippen LogP contribution in [-0.2, 0) is 5.41 Å². The van der Waals surface area contributed by atoms with Crippen molar-refractivity contribution in [2.75, 3.05) is 13.7 Å². The van der Waals surface area contributed by atoms with Crippen molar-refractivity contribution in [2.45, 2.75) is 19.3 Å². The van der Waals surface area contributed by atoms with E-state index < -0.39 is 17.0 Å². The van der Waals surface area contributed by atoms with Gasteiger partial charge in [-0.05, 0) is 15.9 Å². The maximum atomic E-state index is 13.9. The van der Waals surface area contributed by atoms with Gasteiger partial charge in [-0.2, -0.15) is 0 Å². The van der Waals surface area contributed by atoms with Gasteiger partial charge >= 0.3 is 0 Å². The molecule has 1 N–H and O–H groups in total. The standard InChI is InChI=1S/C11H13BrF2O2/c1-11(2,5-15)8-6(13)4-7(16-3)9(12)10(8)14/h4,15H,5H2,1-3H3. The van der Waals surface area contributed by atoms with Crippen molar-refractivity contribution in [3.05, 3.63) is 27.7 Å². The predicted octanol–water partition coefficient (Wildman–Crippen LogP) is 3.01. The van der Waals surface area contributed by atoms with Gasteiger partial charge in [0.15, 0.2) is 0 Å². The van der Waals surface area contributed by atoms with Crippen molar-refractivity contribution in [3.63, 3.8) is 0 Å². The van der Waals surface area contributed by atoms with E-state index in [9.17, 15) is 8.78 Å². The van der Waals surface area contributed by atoms with Crippen LogP contribution in [0, 0.1) is 11.6 Å². The molecule has 2 nitrogen and oxygen atoms in total. The molecular formula is C11H13BrF2O2. The topological polar surface area (TPSA) is 29.5 Å². The zero-order chi connectivity index (χ0) is 12.5. The van der Waals surface area contributed by atoms with Crippen molar-refractivity contribution >= 4 is 15.9 Å². The molecule has 0 spiro atoms. The van der Waals surface area contributed by atoms with Crippen LogP contribution in [0.2, 0.25) is 0 Å². The molecule has 0 heterocycles. The highest BCUT2D eigenvalue weighted by Crippen LogP contribution is 2.37. The Labute approximate surface area is 101 Å². The van der Waals surface area contributed by atoms with Gasteiger partial charge < -0.3 is 9.84 Å². The molecule has 0 aliphatic carbocycles. The zero-order valence-corrected chi connectivity index (χ0v) is 10.9. The monoisotopic (exact) mass is 294 g/mol. The first-order valence-corrected chi connectivity index (χ1v) is 5.47. The van der Waals surface area contributed by atoms with Crippen LogP contribution in [-0.4, -0.2) is 18.8 Å². The van der Waals surface area contributed by atoms with Crippen LogP contribution in [0.3, 0.4) is 0 Å². The van der Waals surface area contributed by atoms with Gasteiger partial charge in [-0.15, -0.1) is 0 Å². The average Bonchev–Trinajstić information content (AvgIpc) is 2.23. The number of rotatable bonds is 3. The minimum atomic E-state index is -0.983. The largest absolute Gasteiger partial charge is 0.495 e. The molecule has 16 heavy (non-hydrogen) atoms. The normalized spacial score (nSPS) is 11.7. The van der Waals surface area contributed by atoms with E-state index in [2.05, 4.69) is 15.9 Å². The SMILES string of the molecule is COc1cc(F)c(C(C)(C)CO)c(F)c1Br. The molecule has 5 heteroatoms. The summed E-state index contributed by atoms with van der Waals surface area (Å²) in [6.45, 7) is 2.78. The van der Waals surface area contributed by atoms with Crippen molar-refractivity contribution < 1.29 is 18.6 Å². The number of ether oxygens (including phenoxy) is 1. The summed E-state index contributed by atoms with van der Waals surface area (Å²) >= 11 is 3.00. The Morgan fingerprint density at radius 3 is 2.44 bits per heavy atom. The third-order valence-corrected chi connectivity index (χ3v) is 3.16. The van der Waals surface area contributed by atoms with Crippen LogP contribution in [0.5, 0.6) is 5.75 Å². The molecule has 0 aromatic heterocycles. The third-order valence-electron chi connectivity index (χ3n) is 2.42. The highest BCUT2D eigenvalue weighted by molar-refractivity contribution is 9.10. The van der Waals surface area contributed by atoms with E-state index in [-0.39, 0.29) is 22.4 Å². The first kappa shape index (κ1) is 13.4. The third kappa shape index (κ3) is 2.20. The van der Waals surface area contributed by atoms with E-state index in [1.54, 1.807) is 13.8 Å². The summed E-state index contributed by atoms with van der Waals surface area (Å²) in [4.78, 5) is 0. The Balaban J connectivity index is 3.48. The lowest BCUT2D eigenvalue weighted by Crippen LogP contribution is -2.25. The number of methoxy groups -OCH3 is 1. The lowest BCUT2D eigenvalue weighted by Gasteiger charge is -2.24. The van der Waals surface area contributed by atoms with Crippen LogP contribution in [0.15, 0.2) is 10.5 Å². The smallest absolute Gasteiger partial charge is 0.147 e. The summed E-state index contributed by atoms with van der Waals surface area (Å²) in [5, 5.41) is 9.13. The number of halogens is 3. The summed E-state index contributed by atoms with van der Waals surface area (Å²) in [5.74, 6) is -1.38. The molecule has 0 aliphatic heterocycles. The average molecular weight is 295 g/mol. The quantitative estimate of drug-likeness (QED) is 0.869. The molecule has 0 saturated heterocycles. The summed E-state index contributed by atoms with van der Waals surface area (Å²) < 4.78 is 32.5. The minimum Gasteiger partial charge on any atom is -0.495 e. The maximum Gasteiger partial charge on any atom is 0.147 e. The van der Waals surface area contributed by atoms with Crippen molar-refractivity contribution in [2.24, 2.45) is 0 Å². The van der Waals surface area contributed by atoms with Gasteiger partial charge in [0.2, 0.25) is 0 Å².